The van der Waals surface area contributed by atoms with Gasteiger partial charge >= 0.3 is 5.97 Å². The van der Waals surface area contributed by atoms with Crippen molar-refractivity contribution >= 4 is 21.8 Å². The zero-order valence-corrected chi connectivity index (χ0v) is 17.3. The summed E-state index contributed by atoms with van der Waals surface area (Å²) in [5, 5.41) is 10.1. The number of hydrogen-bond acceptors (Lipinski definition) is 8. The number of rotatable bonds is 6. The van der Waals surface area contributed by atoms with E-state index in [1.165, 1.54) is 18.2 Å². The highest BCUT2D eigenvalue weighted by Gasteiger charge is 2.44. The highest BCUT2D eigenvalue weighted by atomic mass is 32.2. The molecule has 2 aliphatic heterocycles. The van der Waals surface area contributed by atoms with E-state index in [2.05, 4.69) is 0 Å². The first-order chi connectivity index (χ1) is 14.9. The van der Waals surface area contributed by atoms with Crippen LogP contribution in [0.4, 0.5) is 0 Å². The lowest BCUT2D eigenvalue weighted by Crippen LogP contribution is -2.42. The van der Waals surface area contributed by atoms with Crippen molar-refractivity contribution in [3.8, 4) is 11.5 Å². The molecule has 0 aliphatic carbocycles. The van der Waals surface area contributed by atoms with Gasteiger partial charge in [-0.25, -0.2) is 8.42 Å². The highest BCUT2D eigenvalue weighted by molar-refractivity contribution is 7.89. The van der Waals surface area contributed by atoms with Crippen molar-refractivity contribution in [2.45, 2.75) is 23.5 Å². The molecule has 31 heavy (non-hydrogen) atoms. The van der Waals surface area contributed by atoms with Gasteiger partial charge in [-0.2, -0.15) is 4.31 Å². The van der Waals surface area contributed by atoms with Crippen molar-refractivity contribution in [2.75, 3.05) is 26.4 Å². The minimum absolute atomic E-state index is 0.0935. The first-order valence-electron chi connectivity index (χ1n) is 9.70. The van der Waals surface area contributed by atoms with Crippen LogP contribution in [-0.4, -0.2) is 68.1 Å². The van der Waals surface area contributed by atoms with Gasteiger partial charge in [-0.1, -0.05) is 30.3 Å². The lowest BCUT2D eigenvalue weighted by Gasteiger charge is -2.24. The molecule has 164 valence electrons. The lowest BCUT2D eigenvalue weighted by atomic mass is 10.1. The Bertz CT molecular complexity index is 1090. The summed E-state index contributed by atoms with van der Waals surface area (Å²) in [4.78, 5) is 24.7. The van der Waals surface area contributed by atoms with E-state index in [0.717, 1.165) is 4.31 Å². The second-order valence-electron chi connectivity index (χ2n) is 7.18. The summed E-state index contributed by atoms with van der Waals surface area (Å²) in [5.74, 6) is -0.572. The van der Waals surface area contributed by atoms with Crippen LogP contribution < -0.4 is 9.47 Å². The number of carbonyl (C=O) groups is 2. The van der Waals surface area contributed by atoms with E-state index in [-0.39, 0.29) is 17.9 Å². The highest BCUT2D eigenvalue weighted by Crippen LogP contribution is 2.35. The van der Waals surface area contributed by atoms with Gasteiger partial charge < -0.3 is 19.3 Å². The monoisotopic (exact) mass is 447 g/mol. The summed E-state index contributed by atoms with van der Waals surface area (Å²) in [7, 11) is -4.14. The van der Waals surface area contributed by atoms with Crippen molar-refractivity contribution in [1.82, 2.24) is 4.31 Å². The van der Waals surface area contributed by atoms with E-state index in [1.54, 1.807) is 30.3 Å². The van der Waals surface area contributed by atoms with Crippen molar-refractivity contribution in [3.05, 3.63) is 54.1 Å². The second kappa shape index (κ2) is 8.66. The number of ether oxygens (including phenoxy) is 3. The number of fused-ring (bicyclic) bond motifs is 1. The summed E-state index contributed by atoms with van der Waals surface area (Å²) >= 11 is 0. The topological polar surface area (TPSA) is 119 Å². The molecule has 9 nitrogen and oxygen atoms in total. The van der Waals surface area contributed by atoms with Crippen LogP contribution in [0.5, 0.6) is 11.5 Å². The molecule has 1 fully saturated rings. The average molecular weight is 447 g/mol. The summed E-state index contributed by atoms with van der Waals surface area (Å²) in [6, 6.07) is 11.2. The number of esters is 1. The predicted octanol–water partition coefficient (Wildman–Crippen LogP) is 1.01. The number of carbonyl (C=O) groups excluding carboxylic acids is 2. The molecule has 2 aromatic rings. The largest absolute Gasteiger partial charge is 0.486 e. The van der Waals surface area contributed by atoms with Crippen LogP contribution in [0.3, 0.4) is 0 Å². The molecule has 2 aromatic carbocycles. The summed E-state index contributed by atoms with van der Waals surface area (Å²) in [6.07, 6.45) is -1.16. The second-order valence-corrected chi connectivity index (χ2v) is 9.07. The van der Waals surface area contributed by atoms with Gasteiger partial charge in [0.15, 0.2) is 23.9 Å². The molecule has 0 radical (unpaired) electrons. The number of benzene rings is 2. The van der Waals surface area contributed by atoms with Crippen LogP contribution in [-0.2, 0) is 19.6 Å². The van der Waals surface area contributed by atoms with Gasteiger partial charge in [-0.05, 0) is 12.1 Å². The summed E-state index contributed by atoms with van der Waals surface area (Å²) in [6.45, 7) is -0.118. The zero-order chi connectivity index (χ0) is 22.0. The Morgan fingerprint density at radius 3 is 2.52 bits per heavy atom. The smallest absolute Gasteiger partial charge is 0.325 e. The van der Waals surface area contributed by atoms with E-state index in [1.807, 2.05) is 0 Å². The molecule has 4 rings (SSSR count). The maximum absolute atomic E-state index is 13.2. The molecule has 0 aromatic heterocycles. The molecule has 2 heterocycles. The predicted molar refractivity (Wildman–Crippen MR) is 107 cm³/mol. The number of Topliss-reactive ketones (excluding diaryl/α,β-unsaturated/α-hetero) is 1. The van der Waals surface area contributed by atoms with E-state index in [0.29, 0.717) is 30.3 Å². The normalized spacial score (nSPS) is 20.9. The molecule has 1 N–H and O–H groups in total. The minimum Gasteiger partial charge on any atom is -0.486 e. The maximum atomic E-state index is 13.2. The first-order valence-corrected chi connectivity index (χ1v) is 11.1. The van der Waals surface area contributed by atoms with Crippen LogP contribution in [0.2, 0.25) is 0 Å². The van der Waals surface area contributed by atoms with Crippen LogP contribution in [0.25, 0.3) is 0 Å². The molecule has 10 heteroatoms. The Kier molecular flexibility index (Phi) is 5.94. The summed E-state index contributed by atoms with van der Waals surface area (Å²) in [5.41, 5.74) is 0.377. The van der Waals surface area contributed by atoms with Crippen molar-refractivity contribution in [2.24, 2.45) is 0 Å². The third-order valence-electron chi connectivity index (χ3n) is 5.07. The number of nitrogens with zero attached hydrogens (tertiary/aromatic N) is 1. The van der Waals surface area contributed by atoms with E-state index in [9.17, 15) is 23.1 Å². The van der Waals surface area contributed by atoms with Gasteiger partial charge in [-0.15, -0.1) is 0 Å². The van der Waals surface area contributed by atoms with Gasteiger partial charge in [0.25, 0.3) is 0 Å². The van der Waals surface area contributed by atoms with Crippen LogP contribution in [0.1, 0.15) is 16.8 Å². The Hall–Kier alpha value is -2.95. The van der Waals surface area contributed by atoms with E-state index in [4.69, 9.17) is 14.2 Å². The van der Waals surface area contributed by atoms with Gasteiger partial charge in [0.1, 0.15) is 19.3 Å². The Labute approximate surface area is 179 Å². The van der Waals surface area contributed by atoms with Crippen LogP contribution in [0, 0.1) is 0 Å². The summed E-state index contributed by atoms with van der Waals surface area (Å²) < 4.78 is 43.2. The number of hydrogen-bond donors (Lipinski definition) is 1. The van der Waals surface area contributed by atoms with Gasteiger partial charge in [-0.3, -0.25) is 9.59 Å². The number of sulfonamides is 1. The lowest BCUT2D eigenvalue weighted by molar-refractivity contribution is -0.146. The number of aliphatic hydroxyl groups excluding tert-OH is 1. The zero-order valence-electron chi connectivity index (χ0n) is 16.5. The van der Waals surface area contributed by atoms with Gasteiger partial charge in [0.2, 0.25) is 10.0 Å². The molecule has 0 bridgehead atoms. The molecular weight excluding hydrogens is 426 g/mol. The fraction of sp³-hybridized carbons (Fsp3) is 0.333. The fourth-order valence-corrected chi connectivity index (χ4v) is 5.17. The Morgan fingerprint density at radius 1 is 1.06 bits per heavy atom. The van der Waals surface area contributed by atoms with E-state index >= 15 is 0 Å². The molecule has 1 saturated heterocycles. The quantitative estimate of drug-likeness (QED) is 0.515. The number of β-amino-alcohol motifs (C(OH)–C–C–N with tert-alkyl or cyclic N) is 1. The van der Waals surface area contributed by atoms with Crippen LogP contribution >= 0.6 is 0 Å². The van der Waals surface area contributed by atoms with Gasteiger partial charge in [0.05, 0.1) is 11.0 Å². The average Bonchev–Trinajstić information content (AvgIpc) is 3.20. The molecular formula is C21H21NO8S. The molecule has 0 unspecified atom stereocenters. The third-order valence-corrected chi connectivity index (χ3v) is 6.94. The van der Waals surface area contributed by atoms with Crippen molar-refractivity contribution in [3.63, 3.8) is 0 Å². The Balaban J connectivity index is 1.50. The molecule has 0 saturated carbocycles. The van der Waals surface area contributed by atoms with Crippen molar-refractivity contribution < 1.29 is 37.3 Å². The molecule has 2 aliphatic rings. The molecule has 2 atom stereocenters. The van der Waals surface area contributed by atoms with Gasteiger partial charge in [0, 0.05) is 24.6 Å². The maximum Gasteiger partial charge on any atom is 0.325 e. The third kappa shape index (κ3) is 4.41. The fourth-order valence-electron chi connectivity index (χ4n) is 3.52. The van der Waals surface area contributed by atoms with Crippen molar-refractivity contribution in [1.29, 1.82) is 0 Å². The minimum atomic E-state index is -4.14. The molecule has 0 amide bonds. The SMILES string of the molecule is O=C(COC(=O)[C@@H]1C[C@H](O)CN1S(=O)(=O)c1ccc2c(c1)OCCO2)c1ccccc1. The number of aliphatic hydroxyl groups is 1. The Morgan fingerprint density at radius 2 is 1.77 bits per heavy atom. The standard InChI is InChI=1S/C21H21NO8S/c23-15-10-17(21(25)30-13-18(24)14-4-2-1-3-5-14)22(12-15)31(26,27)16-6-7-19-20(11-16)29-9-8-28-19/h1-7,11,15,17,23H,8-10,12-13H2/t15-,17-/m0/s1. The number of ketones is 1. The first kappa shape index (κ1) is 21.3. The van der Waals surface area contributed by atoms with Crippen LogP contribution in [0.15, 0.2) is 53.4 Å². The van der Waals surface area contributed by atoms with E-state index < -0.39 is 40.5 Å². The molecule has 0 spiro atoms.